The lowest BCUT2D eigenvalue weighted by molar-refractivity contribution is 0.572. The molecule has 0 spiro atoms. The Morgan fingerprint density at radius 1 is 1.00 bits per heavy atom. The van der Waals surface area contributed by atoms with Crippen LogP contribution in [-0.2, 0) is 10.0 Å². The predicted octanol–water partition coefficient (Wildman–Crippen LogP) is 4.45. The van der Waals surface area contributed by atoms with Gasteiger partial charge in [0.1, 0.15) is 0 Å². The minimum atomic E-state index is -3.78. The van der Waals surface area contributed by atoms with Gasteiger partial charge < -0.3 is 4.42 Å². The molecule has 118 valence electrons. The third kappa shape index (κ3) is 3.67. The maximum Gasteiger partial charge on any atom is 0.261 e. The highest BCUT2D eigenvalue weighted by Crippen LogP contribution is 2.25. The molecule has 23 heavy (non-hydrogen) atoms. The van der Waals surface area contributed by atoms with E-state index in [-0.39, 0.29) is 14.9 Å². The normalized spacial score (nSPS) is 11.4. The monoisotopic (exact) mass is 368 g/mol. The van der Waals surface area contributed by atoms with Crippen LogP contribution in [0.5, 0.6) is 0 Å². The summed E-state index contributed by atoms with van der Waals surface area (Å²) in [6, 6.07) is 10.8. The van der Waals surface area contributed by atoms with Gasteiger partial charge in [-0.3, -0.25) is 4.72 Å². The maximum absolute atomic E-state index is 12.4. The Labute approximate surface area is 142 Å². The van der Waals surface area contributed by atoms with E-state index >= 15 is 0 Å². The van der Waals surface area contributed by atoms with Crippen molar-refractivity contribution in [2.24, 2.45) is 0 Å². The van der Waals surface area contributed by atoms with Gasteiger partial charge in [-0.2, -0.15) is 0 Å². The second-order valence-corrected chi connectivity index (χ2v) is 7.21. The second kappa shape index (κ2) is 6.23. The topological polar surface area (TPSA) is 72.2 Å². The SMILES string of the molecule is O=S(=O)(Nc1ccc(-c2cnco2)cc1)c1cc(Cl)cc(Cl)c1. The molecule has 0 radical (unpaired) electrons. The summed E-state index contributed by atoms with van der Waals surface area (Å²) >= 11 is 11.7. The van der Waals surface area contributed by atoms with Crippen molar-refractivity contribution in [3.63, 3.8) is 0 Å². The van der Waals surface area contributed by atoms with E-state index in [9.17, 15) is 8.42 Å². The molecule has 0 aliphatic carbocycles. The molecule has 0 amide bonds. The summed E-state index contributed by atoms with van der Waals surface area (Å²) in [5, 5.41) is 0.497. The molecule has 1 aromatic heterocycles. The molecular weight excluding hydrogens is 359 g/mol. The van der Waals surface area contributed by atoms with Crippen molar-refractivity contribution in [3.05, 3.63) is 65.1 Å². The van der Waals surface area contributed by atoms with E-state index in [0.29, 0.717) is 11.4 Å². The number of aromatic nitrogens is 1. The Kier molecular flexibility index (Phi) is 4.30. The van der Waals surface area contributed by atoms with Crippen LogP contribution in [0.4, 0.5) is 5.69 Å². The molecule has 0 fully saturated rings. The third-order valence-electron chi connectivity index (χ3n) is 3.00. The fraction of sp³-hybridized carbons (Fsp3) is 0. The Balaban J connectivity index is 1.86. The average molecular weight is 369 g/mol. The lowest BCUT2D eigenvalue weighted by Crippen LogP contribution is -2.12. The molecule has 1 heterocycles. The van der Waals surface area contributed by atoms with E-state index in [1.165, 1.54) is 24.6 Å². The van der Waals surface area contributed by atoms with Crippen molar-refractivity contribution < 1.29 is 12.8 Å². The van der Waals surface area contributed by atoms with Crippen LogP contribution in [0.3, 0.4) is 0 Å². The van der Waals surface area contributed by atoms with Gasteiger partial charge in [-0.05, 0) is 42.5 Å². The molecular formula is C15H10Cl2N2O3S. The molecule has 0 saturated heterocycles. The number of anilines is 1. The van der Waals surface area contributed by atoms with Crippen LogP contribution >= 0.6 is 23.2 Å². The molecule has 5 nitrogen and oxygen atoms in total. The standard InChI is InChI=1S/C15H10Cl2N2O3S/c16-11-5-12(17)7-14(6-11)23(20,21)19-13-3-1-10(2-4-13)15-8-18-9-22-15/h1-9,19H. The van der Waals surface area contributed by atoms with Gasteiger partial charge in [-0.15, -0.1) is 0 Å². The first-order valence-electron chi connectivity index (χ1n) is 6.42. The zero-order valence-electron chi connectivity index (χ0n) is 11.5. The summed E-state index contributed by atoms with van der Waals surface area (Å²) < 4.78 is 32.4. The molecule has 3 aromatic rings. The smallest absolute Gasteiger partial charge is 0.261 e. The van der Waals surface area contributed by atoms with E-state index in [0.717, 1.165) is 5.56 Å². The number of rotatable bonds is 4. The van der Waals surface area contributed by atoms with Crippen LogP contribution in [0.1, 0.15) is 0 Å². The number of sulfonamides is 1. The predicted molar refractivity (Wildman–Crippen MR) is 89.2 cm³/mol. The zero-order chi connectivity index (χ0) is 16.4. The van der Waals surface area contributed by atoms with Crippen LogP contribution in [0, 0.1) is 0 Å². The fourth-order valence-corrected chi connectivity index (χ4v) is 3.74. The van der Waals surface area contributed by atoms with Gasteiger partial charge >= 0.3 is 0 Å². The van der Waals surface area contributed by atoms with Gasteiger partial charge in [0.05, 0.1) is 11.1 Å². The number of hydrogen-bond acceptors (Lipinski definition) is 4. The van der Waals surface area contributed by atoms with Crippen molar-refractivity contribution in [2.45, 2.75) is 4.90 Å². The minimum Gasteiger partial charge on any atom is -0.444 e. The summed E-state index contributed by atoms with van der Waals surface area (Å²) in [6.07, 6.45) is 2.90. The van der Waals surface area contributed by atoms with Gasteiger partial charge in [0, 0.05) is 21.3 Å². The Hall–Kier alpha value is -2.02. The molecule has 3 rings (SSSR count). The van der Waals surface area contributed by atoms with E-state index < -0.39 is 10.0 Å². The number of nitrogens with zero attached hydrogens (tertiary/aromatic N) is 1. The van der Waals surface area contributed by atoms with Crippen molar-refractivity contribution in [1.82, 2.24) is 4.98 Å². The van der Waals surface area contributed by atoms with Crippen LogP contribution in [0.2, 0.25) is 10.0 Å². The van der Waals surface area contributed by atoms with Gasteiger partial charge in [0.15, 0.2) is 12.2 Å². The summed E-state index contributed by atoms with van der Waals surface area (Å²) in [5.74, 6) is 0.598. The molecule has 1 N–H and O–H groups in total. The lowest BCUT2D eigenvalue weighted by Gasteiger charge is -2.09. The molecule has 0 aliphatic heterocycles. The number of nitrogens with one attached hydrogen (secondary N) is 1. The molecule has 0 saturated carbocycles. The van der Waals surface area contributed by atoms with Gasteiger partial charge in [0.2, 0.25) is 0 Å². The lowest BCUT2D eigenvalue weighted by atomic mass is 10.2. The molecule has 2 aromatic carbocycles. The highest BCUT2D eigenvalue weighted by atomic mass is 35.5. The van der Waals surface area contributed by atoms with Gasteiger partial charge in [-0.25, -0.2) is 13.4 Å². The van der Waals surface area contributed by atoms with E-state index in [1.54, 1.807) is 30.5 Å². The van der Waals surface area contributed by atoms with Crippen LogP contribution in [-0.4, -0.2) is 13.4 Å². The van der Waals surface area contributed by atoms with Crippen molar-refractivity contribution in [1.29, 1.82) is 0 Å². The summed E-state index contributed by atoms with van der Waals surface area (Å²) in [4.78, 5) is 3.83. The average Bonchev–Trinajstić information content (AvgIpc) is 3.01. The van der Waals surface area contributed by atoms with E-state index in [4.69, 9.17) is 27.6 Å². The Bertz CT molecular complexity index is 904. The largest absolute Gasteiger partial charge is 0.444 e. The minimum absolute atomic E-state index is 0.00527. The maximum atomic E-state index is 12.4. The quantitative estimate of drug-likeness (QED) is 0.738. The first-order chi connectivity index (χ1) is 10.9. The van der Waals surface area contributed by atoms with E-state index in [2.05, 4.69) is 9.71 Å². The summed E-state index contributed by atoms with van der Waals surface area (Å²) in [5.41, 5.74) is 1.20. The molecule has 0 aliphatic rings. The fourth-order valence-electron chi connectivity index (χ4n) is 1.96. The number of halogens is 2. The summed E-state index contributed by atoms with van der Waals surface area (Å²) in [6.45, 7) is 0. The van der Waals surface area contributed by atoms with Crippen LogP contribution < -0.4 is 4.72 Å². The molecule has 0 unspecified atom stereocenters. The highest BCUT2D eigenvalue weighted by Gasteiger charge is 2.16. The Morgan fingerprint density at radius 2 is 1.65 bits per heavy atom. The van der Waals surface area contributed by atoms with Gasteiger partial charge in [0.25, 0.3) is 10.0 Å². The van der Waals surface area contributed by atoms with Gasteiger partial charge in [-0.1, -0.05) is 23.2 Å². The summed E-state index contributed by atoms with van der Waals surface area (Å²) in [7, 11) is -3.78. The molecule has 8 heteroatoms. The first-order valence-corrected chi connectivity index (χ1v) is 8.66. The Morgan fingerprint density at radius 3 is 2.22 bits per heavy atom. The van der Waals surface area contributed by atoms with Crippen LogP contribution in [0.15, 0.2) is 64.4 Å². The number of oxazole rings is 1. The third-order valence-corrected chi connectivity index (χ3v) is 4.80. The zero-order valence-corrected chi connectivity index (χ0v) is 13.9. The van der Waals surface area contributed by atoms with Crippen LogP contribution in [0.25, 0.3) is 11.3 Å². The molecule has 0 atom stereocenters. The number of hydrogen-bond donors (Lipinski definition) is 1. The van der Waals surface area contributed by atoms with Crippen molar-refractivity contribution in [3.8, 4) is 11.3 Å². The van der Waals surface area contributed by atoms with Crippen molar-refractivity contribution in [2.75, 3.05) is 4.72 Å². The highest BCUT2D eigenvalue weighted by molar-refractivity contribution is 7.92. The second-order valence-electron chi connectivity index (χ2n) is 4.65. The number of benzene rings is 2. The van der Waals surface area contributed by atoms with Crippen molar-refractivity contribution >= 4 is 38.9 Å². The first kappa shape index (κ1) is 15.9. The molecule has 0 bridgehead atoms. The van der Waals surface area contributed by atoms with E-state index in [1.807, 2.05) is 0 Å².